The molecule has 0 aromatic heterocycles. The molecule has 1 fully saturated rings. The van der Waals surface area contributed by atoms with Gasteiger partial charge in [0.25, 0.3) is 0 Å². The minimum absolute atomic E-state index is 0.126. The van der Waals surface area contributed by atoms with E-state index in [2.05, 4.69) is 10.2 Å². The van der Waals surface area contributed by atoms with Crippen molar-refractivity contribution < 1.29 is 9.94 Å². The predicted octanol–water partition coefficient (Wildman–Crippen LogP) is 2.84. The van der Waals surface area contributed by atoms with Crippen LogP contribution in [0.4, 0.5) is 0 Å². The Morgan fingerprint density at radius 2 is 1.95 bits per heavy atom. The molecule has 0 aromatic rings. The van der Waals surface area contributed by atoms with Crippen LogP contribution in [0.5, 0.6) is 0 Å². The Labute approximate surface area is 130 Å². The van der Waals surface area contributed by atoms with Gasteiger partial charge in [0.15, 0.2) is 0 Å². The number of hydroxylamine groups is 2. The minimum atomic E-state index is 0.126. The molecule has 2 aliphatic heterocycles. The van der Waals surface area contributed by atoms with Crippen molar-refractivity contribution in [2.75, 3.05) is 13.1 Å². The summed E-state index contributed by atoms with van der Waals surface area (Å²) in [7, 11) is 0. The van der Waals surface area contributed by atoms with Crippen molar-refractivity contribution in [2.45, 2.75) is 33.0 Å². The highest BCUT2D eigenvalue weighted by Crippen LogP contribution is 2.17. The summed E-state index contributed by atoms with van der Waals surface area (Å²) >= 11 is 5.31. The van der Waals surface area contributed by atoms with E-state index < -0.39 is 0 Å². The fourth-order valence-electron chi connectivity index (χ4n) is 2.29. The molecule has 1 saturated heterocycles. The van der Waals surface area contributed by atoms with Gasteiger partial charge < -0.3 is 9.64 Å². The fourth-order valence-corrected chi connectivity index (χ4v) is 2.48. The second-order valence-corrected chi connectivity index (χ2v) is 5.53. The second kappa shape index (κ2) is 6.93. The average Bonchev–Trinajstić information content (AvgIpc) is 2.43. The molecule has 6 nitrogen and oxygen atoms in total. The smallest absolute Gasteiger partial charge is 0.216 e. The molecule has 114 valence electrons. The lowest BCUT2D eigenvalue weighted by atomic mass is 10.2. The molecule has 0 spiro atoms. The van der Waals surface area contributed by atoms with Gasteiger partial charge in [-0.3, -0.25) is 5.21 Å². The van der Waals surface area contributed by atoms with Gasteiger partial charge in [0.05, 0.1) is 23.6 Å². The Hall–Kier alpha value is -1.57. The molecule has 0 bridgehead atoms. The molecular weight excluding hydrogens is 288 g/mol. The molecule has 0 aromatic carbocycles. The monoisotopic (exact) mass is 308 g/mol. The third kappa shape index (κ3) is 4.20. The Morgan fingerprint density at radius 3 is 2.57 bits per heavy atom. The summed E-state index contributed by atoms with van der Waals surface area (Å²) in [4.78, 5) is 1.99. The molecule has 2 rings (SSSR count). The van der Waals surface area contributed by atoms with Crippen LogP contribution < -0.4 is 0 Å². The summed E-state index contributed by atoms with van der Waals surface area (Å²) in [5.74, 6) is 0. The first-order valence-corrected chi connectivity index (χ1v) is 7.28. The maximum atomic E-state index is 9.70. The first-order valence-electron chi connectivity index (χ1n) is 6.87. The summed E-state index contributed by atoms with van der Waals surface area (Å²) in [6.07, 6.45) is 7.11. The number of ether oxygens (including phenoxy) is 1. The SMILES string of the molecule is C/C(N=NC(=S)N1CC(C)OC(C)C1)=C1/C=CC=CN1O. The number of rotatable bonds is 1. The number of azo groups is 1. The predicted molar refractivity (Wildman–Crippen MR) is 83.6 cm³/mol. The molecule has 0 radical (unpaired) electrons. The van der Waals surface area contributed by atoms with E-state index in [1.807, 2.05) is 24.8 Å². The van der Waals surface area contributed by atoms with Crippen molar-refractivity contribution >= 4 is 17.3 Å². The number of nitrogens with zero attached hydrogens (tertiary/aromatic N) is 4. The van der Waals surface area contributed by atoms with Crippen LogP contribution in [0.25, 0.3) is 0 Å². The molecule has 2 unspecified atom stereocenters. The summed E-state index contributed by atoms with van der Waals surface area (Å²) < 4.78 is 5.66. The van der Waals surface area contributed by atoms with E-state index in [1.165, 1.54) is 6.20 Å². The normalized spacial score (nSPS) is 28.4. The lowest BCUT2D eigenvalue weighted by Crippen LogP contribution is -2.47. The zero-order chi connectivity index (χ0) is 15.4. The number of hydrogen-bond donors (Lipinski definition) is 1. The van der Waals surface area contributed by atoms with E-state index in [0.717, 1.165) is 5.06 Å². The first-order chi connectivity index (χ1) is 9.97. The average molecular weight is 308 g/mol. The first kappa shape index (κ1) is 15.8. The van der Waals surface area contributed by atoms with Crippen LogP contribution in [0.3, 0.4) is 0 Å². The van der Waals surface area contributed by atoms with E-state index >= 15 is 0 Å². The highest BCUT2D eigenvalue weighted by atomic mass is 32.1. The van der Waals surface area contributed by atoms with Crippen LogP contribution in [0.1, 0.15) is 20.8 Å². The van der Waals surface area contributed by atoms with Crippen LogP contribution in [0, 0.1) is 0 Å². The quantitative estimate of drug-likeness (QED) is 0.596. The summed E-state index contributed by atoms with van der Waals surface area (Å²) in [6, 6.07) is 0. The van der Waals surface area contributed by atoms with E-state index in [-0.39, 0.29) is 12.2 Å². The van der Waals surface area contributed by atoms with Crippen molar-refractivity contribution in [3.05, 3.63) is 35.8 Å². The molecule has 0 saturated carbocycles. The van der Waals surface area contributed by atoms with Gasteiger partial charge in [0, 0.05) is 19.3 Å². The van der Waals surface area contributed by atoms with Crippen LogP contribution >= 0.6 is 12.2 Å². The Morgan fingerprint density at radius 1 is 1.29 bits per heavy atom. The number of allylic oxidation sites excluding steroid dienone is 4. The molecule has 0 aliphatic carbocycles. The van der Waals surface area contributed by atoms with Gasteiger partial charge in [-0.05, 0) is 45.1 Å². The molecule has 1 N–H and O–H groups in total. The zero-order valence-electron chi connectivity index (χ0n) is 12.4. The maximum absolute atomic E-state index is 9.70. The largest absolute Gasteiger partial charge is 0.372 e. The van der Waals surface area contributed by atoms with Gasteiger partial charge in [0.2, 0.25) is 5.11 Å². The van der Waals surface area contributed by atoms with E-state index in [1.54, 1.807) is 19.1 Å². The van der Waals surface area contributed by atoms with Crippen molar-refractivity contribution in [1.29, 1.82) is 0 Å². The van der Waals surface area contributed by atoms with Crippen molar-refractivity contribution in [1.82, 2.24) is 9.96 Å². The number of hydrogen-bond acceptors (Lipinski definition) is 5. The highest BCUT2D eigenvalue weighted by molar-refractivity contribution is 7.80. The van der Waals surface area contributed by atoms with Crippen LogP contribution in [0.2, 0.25) is 0 Å². The third-order valence-corrected chi connectivity index (χ3v) is 3.53. The fraction of sp³-hybridized carbons (Fsp3) is 0.500. The second-order valence-electron chi connectivity index (χ2n) is 5.16. The number of thiocarbonyl (C=S) groups is 1. The van der Waals surface area contributed by atoms with Crippen molar-refractivity contribution in [3.8, 4) is 0 Å². The molecule has 7 heteroatoms. The third-order valence-electron chi connectivity index (χ3n) is 3.19. The topological polar surface area (TPSA) is 60.7 Å². The van der Waals surface area contributed by atoms with Gasteiger partial charge in [0.1, 0.15) is 0 Å². The van der Waals surface area contributed by atoms with Crippen LogP contribution in [-0.4, -0.2) is 45.6 Å². The standard InChI is InChI=1S/C14H20N4O2S/c1-10-8-17(9-11(2)20-10)14(21)16-15-12(3)13-6-4-5-7-18(13)19/h4-7,10-11,19H,8-9H2,1-3H3/b13-12+,16-15?. The van der Waals surface area contributed by atoms with Crippen LogP contribution in [0.15, 0.2) is 46.1 Å². The summed E-state index contributed by atoms with van der Waals surface area (Å²) in [6.45, 7) is 7.23. The number of morpholine rings is 1. The van der Waals surface area contributed by atoms with E-state index in [9.17, 15) is 5.21 Å². The molecule has 0 amide bonds. The van der Waals surface area contributed by atoms with Crippen LogP contribution in [-0.2, 0) is 4.74 Å². The van der Waals surface area contributed by atoms with Crippen molar-refractivity contribution in [2.24, 2.45) is 10.2 Å². The zero-order valence-corrected chi connectivity index (χ0v) is 13.2. The lowest BCUT2D eigenvalue weighted by molar-refractivity contribution is -0.0477. The molecule has 2 heterocycles. The van der Waals surface area contributed by atoms with E-state index in [0.29, 0.717) is 29.6 Å². The lowest BCUT2D eigenvalue weighted by Gasteiger charge is -2.35. The highest BCUT2D eigenvalue weighted by Gasteiger charge is 2.23. The van der Waals surface area contributed by atoms with Gasteiger partial charge in [-0.2, -0.15) is 5.11 Å². The van der Waals surface area contributed by atoms with Gasteiger partial charge in [-0.1, -0.05) is 6.08 Å². The molecule has 2 atom stereocenters. The molecule has 21 heavy (non-hydrogen) atoms. The van der Waals surface area contributed by atoms with Gasteiger partial charge >= 0.3 is 0 Å². The summed E-state index contributed by atoms with van der Waals surface area (Å²) in [5, 5.41) is 19.4. The van der Waals surface area contributed by atoms with Crippen molar-refractivity contribution in [3.63, 3.8) is 0 Å². The summed E-state index contributed by atoms with van der Waals surface area (Å²) in [5.41, 5.74) is 1.17. The van der Waals surface area contributed by atoms with Gasteiger partial charge in [-0.15, -0.1) is 5.11 Å². The Kier molecular flexibility index (Phi) is 5.22. The Balaban J connectivity index is 2.03. The van der Waals surface area contributed by atoms with Gasteiger partial charge in [-0.25, -0.2) is 5.06 Å². The minimum Gasteiger partial charge on any atom is -0.372 e. The van der Waals surface area contributed by atoms with E-state index in [4.69, 9.17) is 17.0 Å². The molecule has 2 aliphatic rings. The maximum Gasteiger partial charge on any atom is 0.216 e. The Bertz CT molecular complexity index is 517. The molecular formula is C14H20N4O2S.